The highest BCUT2D eigenvalue weighted by atomic mass is 19.1. The number of hydrogen-bond donors (Lipinski definition) is 3. The number of amides is 2. The maximum absolute atomic E-state index is 12.9. The van der Waals surface area contributed by atoms with Crippen LogP contribution in [0, 0.1) is 11.2 Å². The van der Waals surface area contributed by atoms with Crippen LogP contribution in [0.15, 0.2) is 24.3 Å². The monoisotopic (exact) mass is 294 g/mol. The van der Waals surface area contributed by atoms with Gasteiger partial charge in [0.15, 0.2) is 0 Å². The standard InChI is InChI=1S/C14H15FN2O4/c15-10-3-1-2-9(6-10)12(19)16-7-11(18)17-8-14(4-5-14)13(20)21/h1-3,6H,4-5,7-8H2,(H,16,19)(H,17,18)(H,20,21). The van der Waals surface area contributed by atoms with Gasteiger partial charge in [-0.2, -0.15) is 0 Å². The smallest absolute Gasteiger partial charge is 0.311 e. The topological polar surface area (TPSA) is 95.5 Å². The molecule has 1 aliphatic rings. The first-order chi connectivity index (χ1) is 9.93. The molecule has 21 heavy (non-hydrogen) atoms. The number of carbonyl (C=O) groups excluding carboxylic acids is 2. The molecule has 0 aromatic heterocycles. The van der Waals surface area contributed by atoms with Crippen LogP contribution in [0.4, 0.5) is 4.39 Å². The summed E-state index contributed by atoms with van der Waals surface area (Å²) in [5, 5.41) is 13.8. The first-order valence-electron chi connectivity index (χ1n) is 6.47. The Bertz CT molecular complexity index is 584. The van der Waals surface area contributed by atoms with Gasteiger partial charge in [-0.15, -0.1) is 0 Å². The quantitative estimate of drug-likeness (QED) is 0.713. The minimum Gasteiger partial charge on any atom is -0.481 e. The molecule has 1 fully saturated rings. The van der Waals surface area contributed by atoms with Crippen molar-refractivity contribution in [3.8, 4) is 0 Å². The second kappa shape index (κ2) is 5.90. The Hall–Kier alpha value is -2.44. The third kappa shape index (κ3) is 3.77. The molecule has 0 heterocycles. The number of carboxylic acids is 1. The maximum Gasteiger partial charge on any atom is 0.311 e. The fourth-order valence-corrected chi connectivity index (χ4v) is 1.84. The van der Waals surface area contributed by atoms with Crippen molar-refractivity contribution in [1.82, 2.24) is 10.6 Å². The van der Waals surface area contributed by atoms with Gasteiger partial charge in [0.05, 0.1) is 12.0 Å². The first kappa shape index (κ1) is 15.0. The number of halogens is 1. The molecule has 2 rings (SSSR count). The van der Waals surface area contributed by atoms with Gasteiger partial charge in [0.1, 0.15) is 5.82 Å². The van der Waals surface area contributed by atoms with Crippen molar-refractivity contribution in [2.24, 2.45) is 5.41 Å². The third-order valence-corrected chi connectivity index (χ3v) is 3.43. The van der Waals surface area contributed by atoms with Crippen LogP contribution in [0.25, 0.3) is 0 Å². The highest BCUT2D eigenvalue weighted by Crippen LogP contribution is 2.45. The van der Waals surface area contributed by atoms with Gasteiger partial charge in [-0.3, -0.25) is 14.4 Å². The molecule has 0 atom stereocenters. The van der Waals surface area contributed by atoms with E-state index in [4.69, 9.17) is 5.11 Å². The van der Waals surface area contributed by atoms with Gasteiger partial charge in [-0.1, -0.05) is 6.07 Å². The number of carbonyl (C=O) groups is 3. The van der Waals surface area contributed by atoms with Gasteiger partial charge in [-0.25, -0.2) is 4.39 Å². The van der Waals surface area contributed by atoms with Crippen LogP contribution >= 0.6 is 0 Å². The summed E-state index contributed by atoms with van der Waals surface area (Å²) in [6.45, 7) is -0.234. The molecule has 2 amide bonds. The van der Waals surface area contributed by atoms with Crippen molar-refractivity contribution in [3.63, 3.8) is 0 Å². The van der Waals surface area contributed by atoms with Crippen LogP contribution in [0.1, 0.15) is 23.2 Å². The molecule has 7 heteroatoms. The number of rotatable bonds is 6. The lowest BCUT2D eigenvalue weighted by atomic mass is 10.1. The summed E-state index contributed by atoms with van der Waals surface area (Å²) in [6.07, 6.45) is 1.08. The number of benzene rings is 1. The Labute approximate surface area is 120 Å². The van der Waals surface area contributed by atoms with Gasteiger partial charge in [0.25, 0.3) is 5.91 Å². The van der Waals surface area contributed by atoms with Crippen molar-refractivity contribution in [2.75, 3.05) is 13.1 Å². The van der Waals surface area contributed by atoms with E-state index in [1.807, 2.05) is 0 Å². The second-order valence-corrected chi connectivity index (χ2v) is 5.06. The largest absolute Gasteiger partial charge is 0.481 e. The lowest BCUT2D eigenvalue weighted by Crippen LogP contribution is -2.40. The molecule has 6 nitrogen and oxygen atoms in total. The fourth-order valence-electron chi connectivity index (χ4n) is 1.84. The van der Waals surface area contributed by atoms with Crippen molar-refractivity contribution in [1.29, 1.82) is 0 Å². The molecule has 1 aromatic carbocycles. The Balaban J connectivity index is 1.76. The van der Waals surface area contributed by atoms with Crippen LogP contribution in [-0.2, 0) is 9.59 Å². The van der Waals surface area contributed by atoms with E-state index >= 15 is 0 Å². The van der Waals surface area contributed by atoms with Crippen molar-refractivity contribution >= 4 is 17.8 Å². The average Bonchev–Trinajstić information content (AvgIpc) is 3.24. The summed E-state index contributed by atoms with van der Waals surface area (Å²) in [4.78, 5) is 34.1. The van der Waals surface area contributed by atoms with E-state index in [2.05, 4.69) is 10.6 Å². The Morgan fingerprint density at radius 3 is 2.52 bits per heavy atom. The third-order valence-electron chi connectivity index (χ3n) is 3.43. The number of hydrogen-bond acceptors (Lipinski definition) is 3. The summed E-state index contributed by atoms with van der Waals surface area (Å²) in [6, 6.07) is 5.11. The summed E-state index contributed by atoms with van der Waals surface area (Å²) in [7, 11) is 0. The summed E-state index contributed by atoms with van der Waals surface area (Å²) >= 11 is 0. The normalized spacial score (nSPS) is 15.1. The van der Waals surface area contributed by atoms with Crippen LogP contribution in [0.3, 0.4) is 0 Å². The van der Waals surface area contributed by atoms with E-state index in [0.717, 1.165) is 6.07 Å². The van der Waals surface area contributed by atoms with E-state index in [9.17, 15) is 18.8 Å². The SMILES string of the molecule is O=C(CNC(=O)c1cccc(F)c1)NCC1(C(=O)O)CC1. The molecule has 0 aliphatic heterocycles. The van der Waals surface area contributed by atoms with E-state index in [0.29, 0.717) is 12.8 Å². The van der Waals surface area contributed by atoms with Crippen molar-refractivity contribution in [2.45, 2.75) is 12.8 Å². The van der Waals surface area contributed by atoms with E-state index in [1.165, 1.54) is 18.2 Å². The predicted molar refractivity (Wildman–Crippen MR) is 71.0 cm³/mol. The highest BCUT2D eigenvalue weighted by molar-refractivity contribution is 5.96. The molecule has 0 bridgehead atoms. The molecule has 0 saturated heterocycles. The average molecular weight is 294 g/mol. The molecule has 0 radical (unpaired) electrons. The first-order valence-corrected chi connectivity index (χ1v) is 6.47. The van der Waals surface area contributed by atoms with E-state index in [1.54, 1.807) is 0 Å². The summed E-state index contributed by atoms with van der Waals surface area (Å²) < 4.78 is 12.9. The Morgan fingerprint density at radius 2 is 1.95 bits per heavy atom. The molecule has 3 N–H and O–H groups in total. The molecule has 0 unspecified atom stereocenters. The second-order valence-electron chi connectivity index (χ2n) is 5.06. The fraction of sp³-hybridized carbons (Fsp3) is 0.357. The summed E-state index contributed by atoms with van der Waals surface area (Å²) in [5.41, 5.74) is -0.727. The van der Waals surface area contributed by atoms with Crippen LogP contribution < -0.4 is 10.6 Å². The minimum atomic E-state index is -0.924. The molecule has 0 spiro atoms. The zero-order chi connectivity index (χ0) is 15.5. The predicted octanol–water partition coefficient (Wildman–Crippen LogP) is 0.536. The zero-order valence-electron chi connectivity index (χ0n) is 11.2. The minimum absolute atomic E-state index is 0.0526. The molecule has 1 aromatic rings. The van der Waals surface area contributed by atoms with Crippen LogP contribution in [0.2, 0.25) is 0 Å². The Kier molecular flexibility index (Phi) is 4.21. The van der Waals surface area contributed by atoms with Gasteiger partial charge in [0.2, 0.25) is 5.91 Å². The van der Waals surface area contributed by atoms with Gasteiger partial charge in [-0.05, 0) is 31.0 Å². The lowest BCUT2D eigenvalue weighted by Gasteiger charge is -2.11. The zero-order valence-corrected chi connectivity index (χ0v) is 11.2. The van der Waals surface area contributed by atoms with Crippen LogP contribution in [0.5, 0.6) is 0 Å². The van der Waals surface area contributed by atoms with Gasteiger partial charge >= 0.3 is 5.97 Å². The van der Waals surface area contributed by atoms with Crippen molar-refractivity contribution in [3.05, 3.63) is 35.6 Å². The molecule has 1 saturated carbocycles. The lowest BCUT2D eigenvalue weighted by molar-refractivity contribution is -0.143. The van der Waals surface area contributed by atoms with Gasteiger partial charge < -0.3 is 15.7 Å². The highest BCUT2D eigenvalue weighted by Gasteiger charge is 2.50. The van der Waals surface area contributed by atoms with Crippen LogP contribution in [-0.4, -0.2) is 36.0 Å². The molecular weight excluding hydrogens is 279 g/mol. The van der Waals surface area contributed by atoms with E-state index in [-0.39, 0.29) is 18.7 Å². The number of carboxylic acid groups (broad SMARTS) is 1. The van der Waals surface area contributed by atoms with E-state index < -0.39 is 29.0 Å². The molecule has 1 aliphatic carbocycles. The number of aliphatic carboxylic acids is 1. The Morgan fingerprint density at radius 1 is 1.24 bits per heavy atom. The number of nitrogens with one attached hydrogen (secondary N) is 2. The molecular formula is C14H15FN2O4. The van der Waals surface area contributed by atoms with Crippen molar-refractivity contribution < 1.29 is 23.9 Å². The van der Waals surface area contributed by atoms with Gasteiger partial charge in [0, 0.05) is 12.1 Å². The molecule has 112 valence electrons. The maximum atomic E-state index is 12.9. The summed E-state index contributed by atoms with van der Waals surface area (Å²) in [5.74, 6) is -2.51.